The monoisotopic (exact) mass is 353 g/mol. The molecule has 26 heavy (non-hydrogen) atoms. The number of piperidine rings is 4. The van der Waals surface area contributed by atoms with Crippen molar-refractivity contribution in [3.63, 3.8) is 0 Å². The summed E-state index contributed by atoms with van der Waals surface area (Å²) in [6.07, 6.45) is 6.24. The molecule has 4 aliphatic rings. The van der Waals surface area contributed by atoms with Crippen molar-refractivity contribution in [2.45, 2.75) is 38.1 Å². The summed E-state index contributed by atoms with van der Waals surface area (Å²) in [6.45, 7) is 5.58. The number of hydrogen-bond acceptors (Lipinski definition) is 4. The number of anilines is 1. The molecule has 6 heteroatoms. The zero-order valence-electron chi connectivity index (χ0n) is 15.2. The quantitative estimate of drug-likeness (QED) is 0.889. The SMILES string of the molecule is O=C(N[C@@H]1CN2CCC1CC2)c1n[nH]c2cc(N3CCCCC3)ccc12. The van der Waals surface area contributed by atoms with Crippen LogP contribution in [0, 0.1) is 5.92 Å². The Kier molecular flexibility index (Phi) is 4.08. The molecule has 138 valence electrons. The summed E-state index contributed by atoms with van der Waals surface area (Å²) >= 11 is 0. The minimum atomic E-state index is -0.0410. The number of fused-ring (bicyclic) bond motifs is 4. The van der Waals surface area contributed by atoms with Crippen LogP contribution in [0.3, 0.4) is 0 Å². The molecule has 1 aromatic heterocycles. The molecule has 4 fully saturated rings. The molecule has 0 unspecified atom stereocenters. The Morgan fingerprint density at radius 2 is 1.92 bits per heavy atom. The minimum Gasteiger partial charge on any atom is -0.371 e. The number of benzene rings is 1. The van der Waals surface area contributed by atoms with E-state index >= 15 is 0 Å². The molecule has 2 bridgehead atoms. The van der Waals surface area contributed by atoms with Crippen LogP contribution < -0.4 is 10.2 Å². The molecular formula is C20H27N5O. The van der Waals surface area contributed by atoms with E-state index in [4.69, 9.17) is 0 Å². The fourth-order valence-corrected chi connectivity index (χ4v) is 4.89. The number of aromatic nitrogens is 2. The van der Waals surface area contributed by atoms with Gasteiger partial charge in [0.25, 0.3) is 5.91 Å². The fourth-order valence-electron chi connectivity index (χ4n) is 4.89. The topological polar surface area (TPSA) is 64.3 Å². The lowest BCUT2D eigenvalue weighted by molar-refractivity contribution is 0.0618. The summed E-state index contributed by atoms with van der Waals surface area (Å²) in [5, 5.41) is 11.6. The average Bonchev–Trinajstić information content (AvgIpc) is 3.13. The third-order valence-electron chi connectivity index (χ3n) is 6.46. The van der Waals surface area contributed by atoms with E-state index in [1.165, 1.54) is 50.9 Å². The molecule has 0 saturated carbocycles. The Balaban J connectivity index is 1.34. The van der Waals surface area contributed by atoms with Gasteiger partial charge in [-0.2, -0.15) is 5.10 Å². The van der Waals surface area contributed by atoms with Gasteiger partial charge in [-0.1, -0.05) is 0 Å². The third kappa shape index (κ3) is 2.86. The zero-order chi connectivity index (χ0) is 17.5. The molecule has 4 saturated heterocycles. The van der Waals surface area contributed by atoms with Gasteiger partial charge in [-0.3, -0.25) is 9.89 Å². The maximum atomic E-state index is 12.8. The highest BCUT2D eigenvalue weighted by molar-refractivity contribution is 6.05. The van der Waals surface area contributed by atoms with Crippen LogP contribution in [0.4, 0.5) is 5.69 Å². The number of carbonyl (C=O) groups excluding carboxylic acids is 1. The highest BCUT2D eigenvalue weighted by Crippen LogP contribution is 2.29. The number of hydrogen-bond donors (Lipinski definition) is 2. The molecule has 0 aliphatic carbocycles. The Labute approximate surface area is 153 Å². The van der Waals surface area contributed by atoms with Crippen molar-refractivity contribution < 1.29 is 4.79 Å². The Bertz CT molecular complexity index is 802. The van der Waals surface area contributed by atoms with Gasteiger partial charge in [-0.15, -0.1) is 0 Å². The van der Waals surface area contributed by atoms with Crippen molar-refractivity contribution in [2.24, 2.45) is 5.92 Å². The third-order valence-corrected chi connectivity index (χ3v) is 6.46. The van der Waals surface area contributed by atoms with Crippen LogP contribution in [0.25, 0.3) is 10.9 Å². The highest BCUT2D eigenvalue weighted by Gasteiger charge is 2.35. The standard InChI is InChI=1S/C20H27N5O/c26-20(21-18-13-24-10-6-14(18)7-11-24)19-16-5-4-15(12-17(16)22-23-19)25-8-2-1-3-9-25/h4-5,12,14,18H,1-3,6-11,13H2,(H,21,26)(H,22,23)/t18-/m1/s1. The van der Waals surface area contributed by atoms with Crippen LogP contribution in [0.2, 0.25) is 0 Å². The lowest BCUT2D eigenvalue weighted by atomic mass is 9.84. The van der Waals surface area contributed by atoms with Crippen molar-refractivity contribution in [1.29, 1.82) is 0 Å². The van der Waals surface area contributed by atoms with Gasteiger partial charge in [-0.05, 0) is 69.3 Å². The van der Waals surface area contributed by atoms with Gasteiger partial charge in [0, 0.05) is 36.7 Å². The molecule has 1 aromatic carbocycles. The maximum absolute atomic E-state index is 12.8. The van der Waals surface area contributed by atoms with E-state index in [9.17, 15) is 4.79 Å². The Morgan fingerprint density at radius 3 is 2.65 bits per heavy atom. The zero-order valence-corrected chi connectivity index (χ0v) is 15.2. The van der Waals surface area contributed by atoms with Crippen molar-refractivity contribution in [2.75, 3.05) is 37.6 Å². The second-order valence-corrected chi connectivity index (χ2v) is 8.07. The molecule has 0 radical (unpaired) electrons. The molecule has 0 spiro atoms. The predicted octanol–water partition coefficient (Wildman–Crippen LogP) is 2.38. The second kappa shape index (κ2) is 6.58. The molecule has 1 amide bonds. The first kappa shape index (κ1) is 16.1. The molecular weight excluding hydrogens is 326 g/mol. The first-order valence-electron chi connectivity index (χ1n) is 10.0. The lowest BCUT2D eigenvalue weighted by Crippen LogP contribution is -2.57. The number of rotatable bonds is 3. The van der Waals surface area contributed by atoms with E-state index in [1.807, 2.05) is 6.07 Å². The minimum absolute atomic E-state index is 0.0410. The van der Waals surface area contributed by atoms with E-state index < -0.39 is 0 Å². The van der Waals surface area contributed by atoms with E-state index in [0.29, 0.717) is 11.6 Å². The van der Waals surface area contributed by atoms with Crippen molar-refractivity contribution in [3.8, 4) is 0 Å². The van der Waals surface area contributed by atoms with Gasteiger partial charge in [-0.25, -0.2) is 0 Å². The van der Waals surface area contributed by atoms with Crippen LogP contribution in [0.1, 0.15) is 42.6 Å². The lowest BCUT2D eigenvalue weighted by Gasteiger charge is -2.44. The van der Waals surface area contributed by atoms with Gasteiger partial charge >= 0.3 is 0 Å². The van der Waals surface area contributed by atoms with Gasteiger partial charge < -0.3 is 15.1 Å². The van der Waals surface area contributed by atoms with Gasteiger partial charge in [0.15, 0.2) is 5.69 Å². The normalized spacial score (nSPS) is 28.5. The summed E-state index contributed by atoms with van der Waals surface area (Å²) in [7, 11) is 0. The van der Waals surface area contributed by atoms with E-state index in [2.05, 4.69) is 37.4 Å². The number of nitrogens with one attached hydrogen (secondary N) is 2. The Morgan fingerprint density at radius 1 is 1.12 bits per heavy atom. The molecule has 4 aliphatic heterocycles. The molecule has 5 heterocycles. The summed E-state index contributed by atoms with van der Waals surface area (Å²) in [5.74, 6) is 0.584. The summed E-state index contributed by atoms with van der Waals surface area (Å²) in [5.41, 5.74) is 2.71. The number of nitrogens with zero attached hydrogens (tertiary/aromatic N) is 3. The average molecular weight is 353 g/mol. The number of carbonyl (C=O) groups is 1. The second-order valence-electron chi connectivity index (χ2n) is 8.07. The predicted molar refractivity (Wildman–Crippen MR) is 103 cm³/mol. The van der Waals surface area contributed by atoms with Crippen LogP contribution in [-0.2, 0) is 0 Å². The van der Waals surface area contributed by atoms with E-state index in [0.717, 1.165) is 30.5 Å². The number of aromatic amines is 1. The van der Waals surface area contributed by atoms with Gasteiger partial charge in [0.1, 0.15) is 0 Å². The summed E-state index contributed by atoms with van der Waals surface area (Å²) < 4.78 is 0. The van der Waals surface area contributed by atoms with E-state index in [1.54, 1.807) is 0 Å². The number of amides is 1. The molecule has 2 N–H and O–H groups in total. The first-order chi connectivity index (χ1) is 12.8. The van der Waals surface area contributed by atoms with Crippen molar-refractivity contribution >= 4 is 22.5 Å². The summed E-state index contributed by atoms with van der Waals surface area (Å²) in [6, 6.07) is 6.59. The first-order valence-corrected chi connectivity index (χ1v) is 10.0. The Hall–Kier alpha value is -2.08. The highest BCUT2D eigenvalue weighted by atomic mass is 16.2. The van der Waals surface area contributed by atoms with Crippen molar-refractivity contribution in [1.82, 2.24) is 20.4 Å². The van der Waals surface area contributed by atoms with Crippen LogP contribution in [0.5, 0.6) is 0 Å². The fraction of sp³-hybridized carbons (Fsp3) is 0.600. The van der Waals surface area contributed by atoms with Crippen LogP contribution in [-0.4, -0.2) is 59.8 Å². The maximum Gasteiger partial charge on any atom is 0.272 e. The molecule has 1 atom stereocenters. The van der Waals surface area contributed by atoms with Crippen LogP contribution >= 0.6 is 0 Å². The van der Waals surface area contributed by atoms with Crippen molar-refractivity contribution in [3.05, 3.63) is 23.9 Å². The molecule has 2 aromatic rings. The molecule has 6 nitrogen and oxygen atoms in total. The molecule has 6 rings (SSSR count). The van der Waals surface area contributed by atoms with Crippen LogP contribution in [0.15, 0.2) is 18.2 Å². The largest absolute Gasteiger partial charge is 0.371 e. The van der Waals surface area contributed by atoms with E-state index in [-0.39, 0.29) is 11.9 Å². The van der Waals surface area contributed by atoms with Gasteiger partial charge in [0.05, 0.1) is 5.52 Å². The number of H-pyrrole nitrogens is 1. The summed E-state index contributed by atoms with van der Waals surface area (Å²) in [4.78, 5) is 17.7. The smallest absolute Gasteiger partial charge is 0.272 e. The van der Waals surface area contributed by atoms with Gasteiger partial charge in [0.2, 0.25) is 0 Å².